The third kappa shape index (κ3) is 5.24. The van der Waals surface area contributed by atoms with Crippen LogP contribution in [0.5, 0.6) is 0 Å². The van der Waals surface area contributed by atoms with Crippen molar-refractivity contribution < 1.29 is 4.79 Å². The highest BCUT2D eigenvalue weighted by Gasteiger charge is 2.33. The van der Waals surface area contributed by atoms with Crippen molar-refractivity contribution in [2.45, 2.75) is 26.8 Å². The highest BCUT2D eigenvalue weighted by molar-refractivity contribution is 6.35. The maximum absolute atomic E-state index is 13.2. The predicted molar refractivity (Wildman–Crippen MR) is 144 cm³/mol. The summed E-state index contributed by atoms with van der Waals surface area (Å²) in [5, 5.41) is 4.10. The van der Waals surface area contributed by atoms with Gasteiger partial charge in [0.2, 0.25) is 5.95 Å². The van der Waals surface area contributed by atoms with Crippen molar-refractivity contribution in [1.29, 1.82) is 0 Å². The Morgan fingerprint density at radius 1 is 1.17 bits per heavy atom. The fraction of sp³-hybridized carbons (Fsp3) is 0.400. The average molecular weight is 516 g/mol. The van der Waals surface area contributed by atoms with Crippen LogP contribution in [0.2, 0.25) is 0 Å². The molecule has 186 valence electrons. The van der Waals surface area contributed by atoms with Crippen molar-refractivity contribution in [3.63, 3.8) is 0 Å². The molecule has 8 nitrogen and oxygen atoms in total. The van der Waals surface area contributed by atoms with E-state index in [9.17, 15) is 4.79 Å². The Bertz CT molecular complexity index is 1160. The zero-order valence-electron chi connectivity index (χ0n) is 20.7. The molecule has 0 radical (unpaired) electrons. The van der Waals surface area contributed by atoms with Gasteiger partial charge in [0, 0.05) is 55.3 Å². The van der Waals surface area contributed by atoms with Crippen molar-refractivity contribution in [3.05, 3.63) is 57.9 Å². The number of allylic oxidation sites excluding steroid dienone is 3. The number of benzene rings is 1. The lowest BCUT2D eigenvalue weighted by Gasteiger charge is -2.39. The fourth-order valence-electron chi connectivity index (χ4n) is 4.32. The molecule has 10 heteroatoms. The van der Waals surface area contributed by atoms with Crippen LogP contribution in [-0.2, 0) is 0 Å². The number of likely N-dealkylation sites (N-methyl/N-ethyl adjacent to an activating group) is 1. The van der Waals surface area contributed by atoms with Gasteiger partial charge in [-0.2, -0.15) is 4.98 Å². The Morgan fingerprint density at radius 2 is 1.89 bits per heavy atom. The summed E-state index contributed by atoms with van der Waals surface area (Å²) in [6.45, 7) is 9.10. The van der Waals surface area contributed by atoms with Gasteiger partial charge in [-0.05, 0) is 52.1 Å². The van der Waals surface area contributed by atoms with Crippen LogP contribution in [-0.4, -0.2) is 72.1 Å². The average Bonchev–Trinajstić information content (AvgIpc) is 2.84. The SMILES string of the molecule is CC=C(Cl)C(=C(C)Cl)N1CN(C)c2nc(Nc3ccc(N4CCN(C)C(C)C4)cc3)ncc2C1=O. The summed E-state index contributed by atoms with van der Waals surface area (Å²) >= 11 is 12.6. The first-order valence-corrected chi connectivity index (χ1v) is 12.4. The molecule has 0 spiro atoms. The summed E-state index contributed by atoms with van der Waals surface area (Å²) in [6, 6.07) is 8.79. The summed E-state index contributed by atoms with van der Waals surface area (Å²) in [5.74, 6) is 0.731. The van der Waals surface area contributed by atoms with Crippen LogP contribution in [0.3, 0.4) is 0 Å². The molecular formula is C25H31Cl2N7O. The number of piperazine rings is 1. The first kappa shape index (κ1) is 25.3. The van der Waals surface area contributed by atoms with E-state index in [0.29, 0.717) is 39.1 Å². The molecule has 0 saturated carbocycles. The van der Waals surface area contributed by atoms with Gasteiger partial charge in [0.1, 0.15) is 11.4 Å². The second kappa shape index (κ2) is 10.4. The number of anilines is 4. The quantitative estimate of drug-likeness (QED) is 0.572. The molecule has 1 aromatic heterocycles. The molecule has 1 unspecified atom stereocenters. The van der Waals surface area contributed by atoms with Crippen LogP contribution in [0, 0.1) is 0 Å². The van der Waals surface area contributed by atoms with Gasteiger partial charge in [-0.15, -0.1) is 0 Å². The van der Waals surface area contributed by atoms with Gasteiger partial charge >= 0.3 is 0 Å². The Kier molecular flexibility index (Phi) is 7.54. The Hall–Kier alpha value is -2.81. The van der Waals surface area contributed by atoms with E-state index in [1.165, 1.54) is 5.69 Å². The summed E-state index contributed by atoms with van der Waals surface area (Å²) in [4.78, 5) is 30.5. The Morgan fingerprint density at radius 3 is 2.51 bits per heavy atom. The van der Waals surface area contributed by atoms with Crippen LogP contribution < -0.4 is 15.1 Å². The van der Waals surface area contributed by atoms with E-state index in [1.54, 1.807) is 31.0 Å². The summed E-state index contributed by atoms with van der Waals surface area (Å²) in [5.41, 5.74) is 2.95. The van der Waals surface area contributed by atoms with E-state index in [-0.39, 0.29) is 12.6 Å². The molecule has 0 aliphatic carbocycles. The smallest absolute Gasteiger partial charge is 0.265 e. The molecular weight excluding hydrogens is 485 g/mol. The summed E-state index contributed by atoms with van der Waals surface area (Å²) in [6.07, 6.45) is 3.26. The van der Waals surface area contributed by atoms with Crippen molar-refractivity contribution >= 4 is 52.3 Å². The van der Waals surface area contributed by atoms with Gasteiger partial charge < -0.3 is 20.0 Å². The lowest BCUT2D eigenvalue weighted by molar-refractivity contribution is 0.0798. The molecule has 1 aromatic carbocycles. The molecule has 3 heterocycles. The highest BCUT2D eigenvalue weighted by atomic mass is 35.5. The van der Waals surface area contributed by atoms with Gasteiger partial charge in [0.15, 0.2) is 0 Å². The number of carbonyl (C=O) groups excluding carboxylic acids is 1. The maximum atomic E-state index is 13.2. The minimum absolute atomic E-state index is 0.245. The van der Waals surface area contributed by atoms with E-state index in [1.807, 2.05) is 24.1 Å². The zero-order chi connectivity index (χ0) is 25.3. The first-order valence-electron chi connectivity index (χ1n) is 11.6. The van der Waals surface area contributed by atoms with Crippen molar-refractivity contribution in [2.75, 3.05) is 55.5 Å². The number of hydrogen-bond donors (Lipinski definition) is 1. The molecule has 1 atom stereocenters. The van der Waals surface area contributed by atoms with Crippen LogP contribution in [0.25, 0.3) is 0 Å². The Balaban J connectivity index is 1.51. The van der Waals surface area contributed by atoms with Gasteiger partial charge in [-0.1, -0.05) is 29.3 Å². The number of fused-ring (bicyclic) bond motifs is 1. The van der Waals surface area contributed by atoms with Gasteiger partial charge in [0.05, 0.1) is 17.4 Å². The molecule has 1 fully saturated rings. The third-order valence-corrected chi connectivity index (χ3v) is 7.06. The van der Waals surface area contributed by atoms with Crippen LogP contribution in [0.1, 0.15) is 31.1 Å². The number of halogens is 2. The van der Waals surface area contributed by atoms with E-state index < -0.39 is 0 Å². The number of nitrogens with one attached hydrogen (secondary N) is 1. The second-order valence-corrected chi connectivity index (χ2v) is 9.94. The van der Waals surface area contributed by atoms with E-state index in [4.69, 9.17) is 23.2 Å². The molecule has 2 aliphatic heterocycles. The summed E-state index contributed by atoms with van der Waals surface area (Å²) in [7, 11) is 4.04. The maximum Gasteiger partial charge on any atom is 0.265 e. The van der Waals surface area contributed by atoms with E-state index in [2.05, 4.69) is 51.2 Å². The number of hydrogen-bond acceptors (Lipinski definition) is 7. The van der Waals surface area contributed by atoms with Crippen LogP contribution >= 0.6 is 23.2 Å². The minimum Gasteiger partial charge on any atom is -0.369 e. The molecule has 35 heavy (non-hydrogen) atoms. The molecule has 2 aromatic rings. The minimum atomic E-state index is -0.245. The number of carbonyl (C=O) groups is 1. The molecule has 4 rings (SSSR count). The first-order chi connectivity index (χ1) is 16.7. The molecule has 2 aliphatic rings. The normalized spacial score (nSPS) is 20.1. The topological polar surface area (TPSA) is 67.8 Å². The second-order valence-electron chi connectivity index (χ2n) is 8.97. The van der Waals surface area contributed by atoms with Crippen molar-refractivity contribution in [2.24, 2.45) is 0 Å². The Labute approximate surface area is 216 Å². The largest absolute Gasteiger partial charge is 0.369 e. The number of nitrogens with zero attached hydrogens (tertiary/aromatic N) is 6. The molecule has 0 bridgehead atoms. The number of rotatable bonds is 5. The monoisotopic (exact) mass is 515 g/mol. The predicted octanol–water partition coefficient (Wildman–Crippen LogP) is 4.82. The summed E-state index contributed by atoms with van der Waals surface area (Å²) < 4.78 is 0. The number of amides is 1. The lowest BCUT2D eigenvalue weighted by atomic mass is 10.1. The van der Waals surface area contributed by atoms with Gasteiger partial charge in [-0.25, -0.2) is 4.98 Å². The fourth-order valence-corrected chi connectivity index (χ4v) is 4.82. The molecule has 1 saturated heterocycles. The zero-order valence-corrected chi connectivity index (χ0v) is 22.2. The lowest BCUT2D eigenvalue weighted by Crippen LogP contribution is -2.50. The van der Waals surface area contributed by atoms with Crippen LogP contribution in [0.15, 0.2) is 52.3 Å². The van der Waals surface area contributed by atoms with E-state index >= 15 is 0 Å². The standard InChI is InChI=1S/C25H31Cl2N7O/c1-6-21(27)22(17(3)26)34-15-32(5)23-20(24(34)35)13-28-25(30-23)29-18-7-9-19(10-8-18)33-12-11-31(4)16(2)14-33/h6-10,13,16H,11-12,14-15H2,1-5H3,(H,28,29,30). The third-order valence-electron chi connectivity index (χ3n) is 6.48. The number of aromatic nitrogens is 2. The van der Waals surface area contributed by atoms with Crippen molar-refractivity contribution in [3.8, 4) is 0 Å². The van der Waals surface area contributed by atoms with Gasteiger partial charge in [-0.3, -0.25) is 9.69 Å². The molecule has 1 N–H and O–H groups in total. The highest BCUT2D eigenvalue weighted by Crippen LogP contribution is 2.33. The van der Waals surface area contributed by atoms with E-state index in [0.717, 1.165) is 25.3 Å². The van der Waals surface area contributed by atoms with Crippen molar-refractivity contribution in [1.82, 2.24) is 19.8 Å². The van der Waals surface area contributed by atoms with Gasteiger partial charge in [0.25, 0.3) is 5.91 Å². The van der Waals surface area contributed by atoms with Crippen LogP contribution in [0.4, 0.5) is 23.1 Å². The molecule has 1 amide bonds.